The molecule has 1 amide bonds. The molecule has 0 atom stereocenters. The first-order valence-corrected chi connectivity index (χ1v) is 8.37. The molecular formula is C19H20N2O2. The van der Waals surface area contributed by atoms with Gasteiger partial charge in [-0.2, -0.15) is 0 Å². The van der Waals surface area contributed by atoms with Crippen LogP contribution in [0.1, 0.15) is 47.5 Å². The zero-order valence-electron chi connectivity index (χ0n) is 13.1. The summed E-state index contributed by atoms with van der Waals surface area (Å²) in [4.78, 5) is 17.2. The van der Waals surface area contributed by atoms with Gasteiger partial charge in [-0.05, 0) is 74.3 Å². The van der Waals surface area contributed by atoms with Gasteiger partial charge >= 0.3 is 0 Å². The summed E-state index contributed by atoms with van der Waals surface area (Å²) in [5, 5.41) is 3.13. The van der Waals surface area contributed by atoms with E-state index in [-0.39, 0.29) is 5.91 Å². The fourth-order valence-electron chi connectivity index (χ4n) is 3.61. The second-order valence-electron chi connectivity index (χ2n) is 6.24. The molecule has 0 saturated heterocycles. The number of hydrogen-bond acceptors (Lipinski definition) is 3. The van der Waals surface area contributed by atoms with Gasteiger partial charge in [-0.1, -0.05) is 0 Å². The highest BCUT2D eigenvalue weighted by molar-refractivity contribution is 6.02. The summed E-state index contributed by atoms with van der Waals surface area (Å²) < 4.78 is 5.22. The molecule has 0 radical (unpaired) electrons. The Kier molecular flexibility index (Phi) is 3.74. The third-order valence-corrected chi connectivity index (χ3v) is 4.69. The number of carbonyl (C=O) groups excluding carboxylic acids is 1. The Morgan fingerprint density at radius 3 is 2.61 bits per heavy atom. The van der Waals surface area contributed by atoms with E-state index >= 15 is 0 Å². The molecule has 23 heavy (non-hydrogen) atoms. The van der Waals surface area contributed by atoms with Crippen LogP contribution in [-0.2, 0) is 30.5 Å². The normalized spacial score (nSPS) is 16.3. The van der Waals surface area contributed by atoms with E-state index in [1.165, 1.54) is 41.4 Å². The van der Waals surface area contributed by atoms with Gasteiger partial charge in [0.05, 0.1) is 12.0 Å². The van der Waals surface area contributed by atoms with Crippen molar-refractivity contribution >= 4 is 17.7 Å². The SMILES string of the molecule is O=C(/C=C\c1ccco1)Nc1c2c(nc3c1CCC3)CCCC2. The second-order valence-corrected chi connectivity index (χ2v) is 6.24. The molecule has 0 bridgehead atoms. The van der Waals surface area contributed by atoms with Crippen molar-refractivity contribution in [3.05, 3.63) is 52.7 Å². The monoisotopic (exact) mass is 308 g/mol. The van der Waals surface area contributed by atoms with Crippen LogP contribution in [0.4, 0.5) is 5.69 Å². The Bertz CT molecular complexity index is 760. The van der Waals surface area contributed by atoms with Crippen molar-refractivity contribution in [2.24, 2.45) is 0 Å². The van der Waals surface area contributed by atoms with Crippen molar-refractivity contribution in [1.82, 2.24) is 4.98 Å². The van der Waals surface area contributed by atoms with Crippen LogP contribution in [0.5, 0.6) is 0 Å². The van der Waals surface area contributed by atoms with Gasteiger partial charge in [-0.3, -0.25) is 9.78 Å². The van der Waals surface area contributed by atoms with Gasteiger partial charge in [0.2, 0.25) is 5.91 Å². The summed E-state index contributed by atoms with van der Waals surface area (Å²) in [5.74, 6) is 0.580. The van der Waals surface area contributed by atoms with E-state index < -0.39 is 0 Å². The average molecular weight is 308 g/mol. The summed E-state index contributed by atoms with van der Waals surface area (Å²) in [7, 11) is 0. The Hall–Kier alpha value is -2.36. The predicted octanol–water partition coefficient (Wildman–Crippen LogP) is 3.69. The fourth-order valence-corrected chi connectivity index (χ4v) is 3.61. The van der Waals surface area contributed by atoms with Crippen molar-refractivity contribution in [3.63, 3.8) is 0 Å². The minimum atomic E-state index is -0.102. The van der Waals surface area contributed by atoms with E-state index in [9.17, 15) is 4.79 Å². The van der Waals surface area contributed by atoms with Crippen LogP contribution in [0.15, 0.2) is 28.9 Å². The topological polar surface area (TPSA) is 55.1 Å². The van der Waals surface area contributed by atoms with Crippen molar-refractivity contribution < 1.29 is 9.21 Å². The minimum Gasteiger partial charge on any atom is -0.465 e. The molecule has 0 unspecified atom stereocenters. The van der Waals surface area contributed by atoms with Gasteiger partial charge in [-0.25, -0.2) is 0 Å². The molecule has 2 aromatic heterocycles. The zero-order chi connectivity index (χ0) is 15.6. The van der Waals surface area contributed by atoms with Crippen LogP contribution in [0.3, 0.4) is 0 Å². The predicted molar refractivity (Wildman–Crippen MR) is 89.3 cm³/mol. The quantitative estimate of drug-likeness (QED) is 0.880. The smallest absolute Gasteiger partial charge is 0.248 e. The van der Waals surface area contributed by atoms with E-state index in [0.717, 1.165) is 37.8 Å². The van der Waals surface area contributed by atoms with Crippen LogP contribution >= 0.6 is 0 Å². The molecule has 0 fully saturated rings. The molecule has 2 aromatic rings. The number of furan rings is 1. The first kappa shape index (κ1) is 14.2. The lowest BCUT2D eigenvalue weighted by Gasteiger charge is -2.21. The average Bonchev–Trinajstić information content (AvgIpc) is 3.24. The molecule has 1 N–H and O–H groups in total. The molecule has 4 rings (SSSR count). The maximum absolute atomic E-state index is 12.3. The van der Waals surface area contributed by atoms with Gasteiger partial charge in [0, 0.05) is 17.5 Å². The Balaban J connectivity index is 1.63. The van der Waals surface area contributed by atoms with Crippen LogP contribution in [0.25, 0.3) is 6.08 Å². The molecule has 4 heteroatoms. The van der Waals surface area contributed by atoms with Gasteiger partial charge < -0.3 is 9.73 Å². The number of hydrogen-bond donors (Lipinski definition) is 1. The number of amides is 1. The van der Waals surface area contributed by atoms with E-state index in [1.54, 1.807) is 12.3 Å². The van der Waals surface area contributed by atoms with Crippen molar-refractivity contribution in [3.8, 4) is 0 Å². The summed E-state index contributed by atoms with van der Waals surface area (Å²) in [5.41, 5.74) is 5.94. The van der Waals surface area contributed by atoms with E-state index in [1.807, 2.05) is 12.1 Å². The van der Waals surface area contributed by atoms with Crippen LogP contribution < -0.4 is 5.32 Å². The van der Waals surface area contributed by atoms with E-state index in [4.69, 9.17) is 9.40 Å². The molecule has 0 aliphatic heterocycles. The Morgan fingerprint density at radius 2 is 1.83 bits per heavy atom. The summed E-state index contributed by atoms with van der Waals surface area (Å²) in [6, 6.07) is 3.64. The first-order chi connectivity index (χ1) is 11.3. The molecule has 2 aliphatic carbocycles. The lowest BCUT2D eigenvalue weighted by atomic mass is 9.92. The fraction of sp³-hybridized carbons (Fsp3) is 0.368. The number of anilines is 1. The molecule has 118 valence electrons. The van der Waals surface area contributed by atoms with E-state index in [0.29, 0.717) is 5.76 Å². The molecular weight excluding hydrogens is 288 g/mol. The van der Waals surface area contributed by atoms with Crippen LogP contribution in [0, 0.1) is 0 Å². The number of aryl methyl sites for hydroxylation is 2. The maximum atomic E-state index is 12.3. The number of rotatable bonds is 3. The molecule has 0 saturated carbocycles. The number of nitrogens with zero attached hydrogens (tertiary/aromatic N) is 1. The maximum Gasteiger partial charge on any atom is 0.248 e. The number of nitrogens with one attached hydrogen (secondary N) is 1. The van der Waals surface area contributed by atoms with Crippen LogP contribution in [-0.4, -0.2) is 10.9 Å². The van der Waals surface area contributed by atoms with Crippen molar-refractivity contribution in [2.45, 2.75) is 44.9 Å². The largest absolute Gasteiger partial charge is 0.465 e. The van der Waals surface area contributed by atoms with Gasteiger partial charge in [0.15, 0.2) is 0 Å². The van der Waals surface area contributed by atoms with Crippen molar-refractivity contribution in [1.29, 1.82) is 0 Å². The molecule has 0 spiro atoms. The summed E-state index contributed by atoms with van der Waals surface area (Å²) in [6.07, 6.45) is 12.5. The number of fused-ring (bicyclic) bond motifs is 2. The highest BCUT2D eigenvalue weighted by atomic mass is 16.3. The summed E-state index contributed by atoms with van der Waals surface area (Å²) in [6.45, 7) is 0. The number of carbonyl (C=O) groups is 1. The molecule has 2 aliphatic rings. The minimum absolute atomic E-state index is 0.102. The molecule has 0 aromatic carbocycles. The van der Waals surface area contributed by atoms with Gasteiger partial charge in [-0.15, -0.1) is 0 Å². The number of pyridine rings is 1. The third-order valence-electron chi connectivity index (χ3n) is 4.69. The first-order valence-electron chi connectivity index (χ1n) is 8.37. The highest BCUT2D eigenvalue weighted by Crippen LogP contribution is 2.35. The van der Waals surface area contributed by atoms with Crippen molar-refractivity contribution in [2.75, 3.05) is 5.32 Å². The molecule has 4 nitrogen and oxygen atoms in total. The second kappa shape index (κ2) is 6.03. The van der Waals surface area contributed by atoms with Crippen LogP contribution in [0.2, 0.25) is 0 Å². The standard InChI is InChI=1S/C19H20N2O2/c22-18(11-10-13-5-4-12-23-13)21-19-14-6-1-2-8-16(14)20-17-9-3-7-15(17)19/h4-5,10-12H,1-3,6-9H2,(H,20,21,22)/b11-10-. The Labute approximate surface area is 135 Å². The third kappa shape index (κ3) is 2.81. The summed E-state index contributed by atoms with van der Waals surface area (Å²) >= 11 is 0. The van der Waals surface area contributed by atoms with Gasteiger partial charge in [0.1, 0.15) is 5.76 Å². The van der Waals surface area contributed by atoms with E-state index in [2.05, 4.69) is 5.32 Å². The highest BCUT2D eigenvalue weighted by Gasteiger charge is 2.25. The number of aromatic nitrogens is 1. The lowest BCUT2D eigenvalue weighted by Crippen LogP contribution is -2.17. The van der Waals surface area contributed by atoms with Gasteiger partial charge in [0.25, 0.3) is 0 Å². The zero-order valence-corrected chi connectivity index (χ0v) is 13.1. The lowest BCUT2D eigenvalue weighted by molar-refractivity contribution is -0.111. The Morgan fingerprint density at radius 1 is 1.09 bits per heavy atom. The molecule has 2 heterocycles.